The minimum Gasteiger partial charge on any atom is -0.396 e. The number of Topliss-reactive ketones (excluding diaryl/α,β-unsaturated/α-hetero) is 2. The number of ketones is 2. The van der Waals surface area contributed by atoms with E-state index in [1.807, 2.05) is 0 Å². The van der Waals surface area contributed by atoms with Gasteiger partial charge < -0.3 is 10.4 Å². The van der Waals surface area contributed by atoms with E-state index in [1.54, 1.807) is 0 Å². The van der Waals surface area contributed by atoms with Crippen LogP contribution in [0.4, 0.5) is 0 Å². The lowest BCUT2D eigenvalue weighted by molar-refractivity contribution is -0.134. The van der Waals surface area contributed by atoms with Gasteiger partial charge in [-0.25, -0.2) is 0 Å². The molecule has 0 amide bonds. The topological polar surface area (TPSA) is 66.4 Å². The molecule has 0 aromatic heterocycles. The first-order valence-corrected chi connectivity index (χ1v) is 4.12. The van der Waals surface area contributed by atoms with Crippen molar-refractivity contribution in [2.24, 2.45) is 5.92 Å². The largest absolute Gasteiger partial charge is 0.396 e. The van der Waals surface area contributed by atoms with Gasteiger partial charge in [-0.05, 0) is 12.8 Å². The third kappa shape index (κ3) is 2.12. The molecular weight excluding hydrogens is 158 g/mol. The highest BCUT2D eigenvalue weighted by Gasteiger charge is 2.28. The van der Waals surface area contributed by atoms with Crippen LogP contribution in [-0.4, -0.2) is 36.4 Å². The molecule has 0 spiro atoms. The van der Waals surface area contributed by atoms with E-state index in [-0.39, 0.29) is 18.2 Å². The summed E-state index contributed by atoms with van der Waals surface area (Å²) in [6.07, 6.45) is 1.03. The van der Waals surface area contributed by atoms with Gasteiger partial charge in [0, 0.05) is 6.61 Å². The summed E-state index contributed by atoms with van der Waals surface area (Å²) in [7, 11) is 0. The molecule has 2 N–H and O–H groups in total. The maximum absolute atomic E-state index is 11.1. The van der Waals surface area contributed by atoms with E-state index >= 15 is 0 Å². The number of aliphatic hydroxyl groups excluding tert-OH is 1. The Bertz CT molecular complexity index is 175. The van der Waals surface area contributed by atoms with Crippen LogP contribution < -0.4 is 5.32 Å². The fraction of sp³-hybridized carbons (Fsp3) is 0.750. The predicted octanol–water partition coefficient (Wildman–Crippen LogP) is -0.883. The molecule has 1 aliphatic rings. The molecular formula is C8H13NO3. The van der Waals surface area contributed by atoms with Crippen LogP contribution in [0, 0.1) is 5.92 Å². The molecule has 1 aliphatic heterocycles. The Morgan fingerprint density at radius 2 is 1.92 bits per heavy atom. The van der Waals surface area contributed by atoms with Crippen LogP contribution in [0.15, 0.2) is 0 Å². The molecule has 0 radical (unpaired) electrons. The summed E-state index contributed by atoms with van der Waals surface area (Å²) < 4.78 is 0. The first-order valence-electron chi connectivity index (χ1n) is 4.12. The molecule has 0 aromatic rings. The van der Waals surface area contributed by atoms with E-state index in [0.29, 0.717) is 25.9 Å². The third-order valence-electron chi connectivity index (χ3n) is 2.03. The molecule has 1 heterocycles. The summed E-state index contributed by atoms with van der Waals surface area (Å²) in [4.78, 5) is 22.3. The Kier molecular flexibility index (Phi) is 3.37. The van der Waals surface area contributed by atoms with Gasteiger partial charge in [0.15, 0.2) is 11.6 Å². The molecule has 0 aliphatic carbocycles. The highest BCUT2D eigenvalue weighted by Crippen LogP contribution is 2.11. The van der Waals surface area contributed by atoms with Gasteiger partial charge in [0.2, 0.25) is 0 Å². The molecule has 0 atom stereocenters. The Morgan fingerprint density at radius 3 is 2.42 bits per heavy atom. The molecule has 1 rings (SSSR count). The monoisotopic (exact) mass is 171 g/mol. The molecule has 12 heavy (non-hydrogen) atoms. The molecule has 1 saturated heterocycles. The summed E-state index contributed by atoms with van der Waals surface area (Å²) in [5.74, 6) is -0.544. The molecule has 1 fully saturated rings. The van der Waals surface area contributed by atoms with Gasteiger partial charge in [-0.15, -0.1) is 0 Å². The first-order chi connectivity index (χ1) is 5.75. The third-order valence-corrected chi connectivity index (χ3v) is 2.03. The van der Waals surface area contributed by atoms with Crippen molar-refractivity contribution in [3.05, 3.63) is 0 Å². The normalized spacial score (nSPS) is 20.1. The summed E-state index contributed by atoms with van der Waals surface area (Å²) in [5.41, 5.74) is 0. The molecule has 4 nitrogen and oxygen atoms in total. The minimum absolute atomic E-state index is 0.0419. The average molecular weight is 171 g/mol. The average Bonchev–Trinajstić information content (AvgIpc) is 2.04. The lowest BCUT2D eigenvalue weighted by atomic mass is 9.91. The summed E-state index contributed by atoms with van der Waals surface area (Å²) in [6.45, 7) is 0.633. The number of carbonyl (C=O) groups excluding carboxylic acids is 2. The number of hydrogen-bond acceptors (Lipinski definition) is 4. The van der Waals surface area contributed by atoms with Gasteiger partial charge in [0.1, 0.15) is 0 Å². The van der Waals surface area contributed by atoms with E-state index < -0.39 is 5.92 Å². The van der Waals surface area contributed by atoms with Crippen LogP contribution in [0.5, 0.6) is 0 Å². The Balaban J connectivity index is 2.45. The quantitative estimate of drug-likeness (QED) is 0.541. The van der Waals surface area contributed by atoms with Crippen molar-refractivity contribution in [1.29, 1.82) is 0 Å². The number of aliphatic hydroxyl groups is 1. The van der Waals surface area contributed by atoms with Gasteiger partial charge in [0.05, 0.1) is 19.0 Å². The predicted molar refractivity (Wildman–Crippen MR) is 42.7 cm³/mol. The Morgan fingerprint density at radius 1 is 1.33 bits per heavy atom. The molecule has 0 saturated carbocycles. The zero-order chi connectivity index (χ0) is 8.97. The van der Waals surface area contributed by atoms with Crippen LogP contribution >= 0.6 is 0 Å². The van der Waals surface area contributed by atoms with Gasteiger partial charge in [-0.1, -0.05) is 0 Å². The van der Waals surface area contributed by atoms with Gasteiger partial charge >= 0.3 is 0 Å². The molecule has 0 unspecified atom stereocenters. The summed E-state index contributed by atoms with van der Waals surface area (Å²) in [6, 6.07) is 0. The van der Waals surface area contributed by atoms with E-state index in [9.17, 15) is 9.59 Å². The van der Waals surface area contributed by atoms with Crippen LogP contribution in [0.2, 0.25) is 0 Å². The van der Waals surface area contributed by atoms with Crippen molar-refractivity contribution in [3.8, 4) is 0 Å². The van der Waals surface area contributed by atoms with E-state index in [2.05, 4.69) is 5.32 Å². The number of rotatable bonds is 3. The van der Waals surface area contributed by atoms with Gasteiger partial charge in [0.25, 0.3) is 0 Å². The maximum atomic E-state index is 11.1. The van der Waals surface area contributed by atoms with Crippen LogP contribution in [-0.2, 0) is 9.59 Å². The second-order valence-corrected chi connectivity index (χ2v) is 2.95. The summed E-state index contributed by atoms with van der Waals surface area (Å²) in [5, 5.41) is 11.3. The zero-order valence-electron chi connectivity index (χ0n) is 6.88. The SMILES string of the molecule is O=C1CNCC(=O)C1CCCO. The van der Waals surface area contributed by atoms with Crippen molar-refractivity contribution in [2.75, 3.05) is 19.7 Å². The number of nitrogens with one attached hydrogen (secondary N) is 1. The minimum atomic E-state index is -0.460. The zero-order valence-corrected chi connectivity index (χ0v) is 6.88. The standard InChI is InChI=1S/C8H13NO3/c10-3-1-2-6-7(11)4-9-5-8(6)12/h6,9-10H,1-5H2. The van der Waals surface area contributed by atoms with Crippen molar-refractivity contribution in [1.82, 2.24) is 5.32 Å². The molecule has 4 heteroatoms. The lowest BCUT2D eigenvalue weighted by Crippen LogP contribution is -2.44. The second-order valence-electron chi connectivity index (χ2n) is 2.95. The second kappa shape index (κ2) is 4.33. The van der Waals surface area contributed by atoms with Crippen LogP contribution in [0.3, 0.4) is 0 Å². The smallest absolute Gasteiger partial charge is 0.157 e. The van der Waals surface area contributed by atoms with Crippen molar-refractivity contribution >= 4 is 11.6 Å². The van der Waals surface area contributed by atoms with Crippen molar-refractivity contribution in [3.63, 3.8) is 0 Å². The molecule has 0 bridgehead atoms. The van der Waals surface area contributed by atoms with Gasteiger partial charge in [-0.3, -0.25) is 9.59 Å². The fourth-order valence-corrected chi connectivity index (χ4v) is 1.35. The van der Waals surface area contributed by atoms with Crippen molar-refractivity contribution in [2.45, 2.75) is 12.8 Å². The molecule has 68 valence electrons. The number of carbonyl (C=O) groups is 2. The highest BCUT2D eigenvalue weighted by atomic mass is 16.3. The van der Waals surface area contributed by atoms with Gasteiger partial charge in [-0.2, -0.15) is 0 Å². The van der Waals surface area contributed by atoms with Crippen molar-refractivity contribution < 1.29 is 14.7 Å². The Labute approximate surface area is 71.0 Å². The van der Waals surface area contributed by atoms with E-state index in [0.717, 1.165) is 0 Å². The maximum Gasteiger partial charge on any atom is 0.157 e. The van der Waals surface area contributed by atoms with E-state index in [1.165, 1.54) is 0 Å². The van der Waals surface area contributed by atoms with Crippen LogP contribution in [0.1, 0.15) is 12.8 Å². The fourth-order valence-electron chi connectivity index (χ4n) is 1.35. The van der Waals surface area contributed by atoms with Crippen LogP contribution in [0.25, 0.3) is 0 Å². The first kappa shape index (κ1) is 9.35. The summed E-state index contributed by atoms with van der Waals surface area (Å²) >= 11 is 0. The lowest BCUT2D eigenvalue weighted by Gasteiger charge is -2.19. The number of piperidine rings is 1. The highest BCUT2D eigenvalue weighted by molar-refractivity contribution is 6.06. The number of hydrogen-bond donors (Lipinski definition) is 2. The molecule has 0 aromatic carbocycles. The van der Waals surface area contributed by atoms with E-state index in [4.69, 9.17) is 5.11 Å². The Hall–Kier alpha value is -0.740.